The molecule has 0 N–H and O–H groups in total. The van der Waals surface area contributed by atoms with Gasteiger partial charge in [0.25, 0.3) is 0 Å². The van der Waals surface area contributed by atoms with Gasteiger partial charge >= 0.3 is 0 Å². The summed E-state index contributed by atoms with van der Waals surface area (Å²) in [6.45, 7) is 2.32. The van der Waals surface area contributed by atoms with Crippen molar-refractivity contribution in [3.05, 3.63) is 74.2 Å². The Morgan fingerprint density at radius 2 is 1.79 bits per heavy atom. The van der Waals surface area contributed by atoms with Crippen LogP contribution in [0.15, 0.2) is 48.0 Å². The van der Waals surface area contributed by atoms with Crippen LogP contribution in [0.4, 0.5) is 0 Å². The predicted octanol–water partition coefficient (Wildman–Crippen LogP) is 4.98. The first kappa shape index (κ1) is 21.7. The maximum atomic E-state index is 12.2. The van der Waals surface area contributed by atoms with Crippen molar-refractivity contribution in [1.29, 1.82) is 5.26 Å². The fraction of sp³-hybridized carbons (Fsp3) is 0.200. The van der Waals surface area contributed by atoms with E-state index in [4.69, 9.17) is 39.5 Å². The van der Waals surface area contributed by atoms with E-state index in [-0.39, 0.29) is 22.2 Å². The molecule has 0 saturated carbocycles. The summed E-state index contributed by atoms with van der Waals surface area (Å²) in [4.78, 5) is 1.69. The van der Waals surface area contributed by atoms with Crippen molar-refractivity contribution in [2.75, 3.05) is 13.3 Å². The minimum atomic E-state index is -2.65. The van der Waals surface area contributed by atoms with Crippen molar-refractivity contribution >= 4 is 55.7 Å². The second kappa shape index (κ2) is 9.21. The van der Waals surface area contributed by atoms with Gasteiger partial charge in [-0.15, -0.1) is 0 Å². The van der Waals surface area contributed by atoms with Gasteiger partial charge in [-0.1, -0.05) is 53.0 Å². The molecule has 2 aromatic carbocycles. The first-order valence-corrected chi connectivity index (χ1v) is 10.8. The number of benzene rings is 2. The molecule has 9 heteroatoms. The zero-order chi connectivity index (χ0) is 21.1. The van der Waals surface area contributed by atoms with E-state index < -0.39 is 16.3 Å². The molecule has 1 aliphatic rings. The lowest BCUT2D eigenvalue weighted by atomic mass is 10.0. The third-order valence-electron chi connectivity index (χ3n) is 4.43. The van der Waals surface area contributed by atoms with E-state index in [2.05, 4.69) is 6.07 Å². The van der Waals surface area contributed by atoms with Crippen molar-refractivity contribution < 1.29 is 13.2 Å². The zero-order valence-electron chi connectivity index (χ0n) is 15.2. The molecule has 1 heterocycles. The molecule has 5 nitrogen and oxygen atoms in total. The summed E-state index contributed by atoms with van der Waals surface area (Å²) < 4.78 is 30.0. The maximum absolute atomic E-state index is 12.2. The Morgan fingerprint density at radius 3 is 2.34 bits per heavy atom. The second-order valence-corrected chi connectivity index (χ2v) is 8.27. The molecule has 0 amide bonds. The van der Waals surface area contributed by atoms with Crippen LogP contribution in [0.25, 0.3) is 5.70 Å². The van der Waals surface area contributed by atoms with Crippen molar-refractivity contribution in [2.24, 2.45) is 0 Å². The summed E-state index contributed by atoms with van der Waals surface area (Å²) in [6, 6.07) is 13.0. The first-order chi connectivity index (χ1) is 13.9. The van der Waals surface area contributed by atoms with Gasteiger partial charge in [0.1, 0.15) is 17.7 Å². The lowest BCUT2D eigenvalue weighted by Crippen LogP contribution is -2.29. The molecule has 0 aliphatic carbocycles. The molecule has 0 aromatic heterocycles. The van der Waals surface area contributed by atoms with E-state index in [0.29, 0.717) is 33.5 Å². The van der Waals surface area contributed by atoms with Crippen LogP contribution < -0.4 is 0 Å². The van der Waals surface area contributed by atoms with Crippen molar-refractivity contribution in [3.63, 3.8) is 0 Å². The molecule has 0 radical (unpaired) electrons. The first-order valence-electron chi connectivity index (χ1n) is 8.55. The van der Waals surface area contributed by atoms with Crippen molar-refractivity contribution in [2.45, 2.75) is 13.0 Å². The third-order valence-corrected chi connectivity index (χ3v) is 6.21. The molecular weight excluding hydrogens is 455 g/mol. The number of ether oxygens (including phenoxy) is 1. The molecule has 0 spiro atoms. The Morgan fingerprint density at radius 1 is 1.10 bits per heavy atom. The molecule has 1 aliphatic heterocycles. The molecular formula is C20H15Cl3N2O3S. The molecule has 3 rings (SSSR count). The minimum Gasteiger partial charge on any atom is -0.361 e. The topological polar surface area (TPSA) is 70.4 Å². The van der Waals surface area contributed by atoms with Gasteiger partial charge < -0.3 is 9.64 Å². The average Bonchev–Trinajstić information content (AvgIpc) is 3.03. The molecule has 0 saturated heterocycles. The Bertz CT molecular complexity index is 1140. The summed E-state index contributed by atoms with van der Waals surface area (Å²) in [5.74, 6) is 0. The van der Waals surface area contributed by atoms with Gasteiger partial charge in [0.2, 0.25) is 10.3 Å². The number of hydrogen-bond donors (Lipinski definition) is 0. The normalized spacial score (nSPS) is 16.3. The van der Waals surface area contributed by atoms with Gasteiger partial charge in [-0.3, -0.25) is 0 Å². The number of rotatable bonds is 5. The largest absolute Gasteiger partial charge is 0.361 e. The molecule has 1 unspecified atom stereocenters. The van der Waals surface area contributed by atoms with Gasteiger partial charge in [0, 0.05) is 11.6 Å². The SMILES string of the molecule is CCOCN1C(c2ccc(Cl)cc2)=C(C#N)C(=S(=O)=O)C1c1ccc(Cl)c(Cl)c1. The van der Waals surface area contributed by atoms with E-state index in [0.717, 1.165) is 0 Å². The quantitative estimate of drug-likeness (QED) is 0.577. The fourth-order valence-corrected chi connectivity index (χ4v) is 4.40. The molecule has 1 atom stereocenters. The zero-order valence-corrected chi connectivity index (χ0v) is 18.3. The van der Waals surface area contributed by atoms with Crippen LogP contribution >= 0.6 is 34.8 Å². The molecule has 29 heavy (non-hydrogen) atoms. The highest BCUT2D eigenvalue weighted by molar-refractivity contribution is 7.73. The van der Waals surface area contributed by atoms with E-state index in [9.17, 15) is 13.7 Å². The highest BCUT2D eigenvalue weighted by atomic mass is 35.5. The van der Waals surface area contributed by atoms with Crippen LogP contribution in [0.1, 0.15) is 24.1 Å². The lowest BCUT2D eigenvalue weighted by molar-refractivity contribution is 0.0620. The van der Waals surface area contributed by atoms with E-state index in [1.807, 2.05) is 6.92 Å². The fourth-order valence-electron chi connectivity index (χ4n) is 3.21. The Balaban J connectivity index is 2.28. The monoisotopic (exact) mass is 468 g/mol. The number of halogens is 3. The summed E-state index contributed by atoms with van der Waals surface area (Å²) in [6.07, 6.45) is 0. The van der Waals surface area contributed by atoms with Crippen LogP contribution in [0.2, 0.25) is 15.1 Å². The Labute approximate surface area is 185 Å². The molecule has 0 fully saturated rings. The molecule has 150 valence electrons. The van der Waals surface area contributed by atoms with Gasteiger partial charge in [-0.2, -0.15) is 13.7 Å². The van der Waals surface area contributed by atoms with Gasteiger partial charge in [-0.25, -0.2) is 0 Å². The Kier molecular flexibility index (Phi) is 6.89. The van der Waals surface area contributed by atoms with E-state index in [1.165, 1.54) is 0 Å². The highest BCUT2D eigenvalue weighted by Gasteiger charge is 2.40. The average molecular weight is 470 g/mol. The summed E-state index contributed by atoms with van der Waals surface area (Å²) in [7, 11) is -2.65. The van der Waals surface area contributed by atoms with E-state index in [1.54, 1.807) is 47.4 Å². The molecule has 0 bridgehead atoms. The summed E-state index contributed by atoms with van der Waals surface area (Å²) >= 11 is 18.2. The van der Waals surface area contributed by atoms with Crippen LogP contribution in [-0.4, -0.2) is 31.5 Å². The van der Waals surface area contributed by atoms with Crippen LogP contribution in [-0.2, 0) is 15.0 Å². The second-order valence-electron chi connectivity index (χ2n) is 6.11. The smallest absolute Gasteiger partial charge is 0.221 e. The number of nitriles is 1. The standard InChI is InChI=1S/C20H15Cl3N2O3S/c1-2-28-11-25-18(12-3-6-14(21)7-4-12)15(10-24)20(29(26)27)19(25)13-5-8-16(22)17(23)9-13/h3-9,19H,2,11H2,1H3. The van der Waals surface area contributed by atoms with Gasteiger partial charge in [0.15, 0.2) is 0 Å². The van der Waals surface area contributed by atoms with Crippen molar-refractivity contribution in [3.8, 4) is 6.07 Å². The summed E-state index contributed by atoms with van der Waals surface area (Å²) in [5.41, 5.74) is 1.73. The Hall–Kier alpha value is -2.01. The van der Waals surface area contributed by atoms with Crippen LogP contribution in [0.3, 0.4) is 0 Å². The summed E-state index contributed by atoms with van der Waals surface area (Å²) in [5, 5.41) is 11.0. The third kappa shape index (κ3) is 4.30. The number of nitrogens with zero attached hydrogens (tertiary/aromatic N) is 2. The maximum Gasteiger partial charge on any atom is 0.221 e. The van der Waals surface area contributed by atoms with E-state index >= 15 is 0 Å². The highest BCUT2D eigenvalue weighted by Crippen LogP contribution is 2.42. The minimum absolute atomic E-state index is 0.0458. The lowest BCUT2D eigenvalue weighted by Gasteiger charge is -2.29. The van der Waals surface area contributed by atoms with Crippen LogP contribution in [0, 0.1) is 11.3 Å². The molecule has 2 aromatic rings. The predicted molar refractivity (Wildman–Crippen MR) is 115 cm³/mol. The number of hydrogen-bond acceptors (Lipinski definition) is 5. The van der Waals surface area contributed by atoms with Gasteiger partial charge in [-0.05, 0) is 42.3 Å². The van der Waals surface area contributed by atoms with Crippen LogP contribution in [0.5, 0.6) is 0 Å². The van der Waals surface area contributed by atoms with Gasteiger partial charge in [0.05, 0.1) is 27.4 Å². The van der Waals surface area contributed by atoms with Crippen molar-refractivity contribution in [1.82, 2.24) is 4.90 Å².